The quantitative estimate of drug-likeness (QED) is 0.824. The Morgan fingerprint density at radius 1 is 1.15 bits per heavy atom. The zero-order chi connectivity index (χ0) is 13.9. The summed E-state index contributed by atoms with van der Waals surface area (Å²) in [4.78, 5) is 17.0. The summed E-state index contributed by atoms with van der Waals surface area (Å²) in [6.07, 6.45) is 1.90. The van der Waals surface area contributed by atoms with Gasteiger partial charge in [-0.1, -0.05) is 24.3 Å². The van der Waals surface area contributed by atoms with Crippen molar-refractivity contribution in [3.8, 4) is 0 Å². The van der Waals surface area contributed by atoms with E-state index in [1.54, 1.807) is 0 Å². The van der Waals surface area contributed by atoms with Crippen LogP contribution in [0.1, 0.15) is 17.5 Å². The number of hydrogen-bond acceptors (Lipinski definition) is 3. The zero-order valence-corrected chi connectivity index (χ0v) is 12.1. The molecular weight excluding hydrogens is 250 g/mol. The predicted molar refractivity (Wildman–Crippen MR) is 79.5 cm³/mol. The van der Waals surface area contributed by atoms with E-state index in [0.717, 1.165) is 45.6 Å². The van der Waals surface area contributed by atoms with Gasteiger partial charge in [-0.2, -0.15) is 0 Å². The third-order valence-electron chi connectivity index (χ3n) is 4.41. The second kappa shape index (κ2) is 5.94. The van der Waals surface area contributed by atoms with Crippen molar-refractivity contribution in [2.45, 2.75) is 25.4 Å². The maximum Gasteiger partial charge on any atom is 0.240 e. The smallest absolute Gasteiger partial charge is 0.240 e. The Hall–Kier alpha value is -1.39. The van der Waals surface area contributed by atoms with Crippen molar-refractivity contribution in [2.75, 3.05) is 33.2 Å². The Balaban J connectivity index is 1.66. The van der Waals surface area contributed by atoms with Crippen LogP contribution < -0.4 is 5.32 Å². The Labute approximate surface area is 120 Å². The summed E-state index contributed by atoms with van der Waals surface area (Å²) >= 11 is 0. The third-order valence-corrected chi connectivity index (χ3v) is 4.41. The number of rotatable bonds is 1. The van der Waals surface area contributed by atoms with Gasteiger partial charge >= 0.3 is 0 Å². The minimum absolute atomic E-state index is 0.0479. The fourth-order valence-electron chi connectivity index (χ4n) is 3.12. The Kier molecular flexibility index (Phi) is 4.03. The molecule has 0 spiro atoms. The highest BCUT2D eigenvalue weighted by Gasteiger charge is 2.28. The average Bonchev–Trinajstić information content (AvgIpc) is 2.71. The minimum atomic E-state index is -0.0479. The first-order chi connectivity index (χ1) is 9.74. The topological polar surface area (TPSA) is 35.6 Å². The summed E-state index contributed by atoms with van der Waals surface area (Å²) < 4.78 is 0. The summed E-state index contributed by atoms with van der Waals surface area (Å²) in [5, 5.41) is 3.40. The number of hydrogen-bond donors (Lipinski definition) is 1. The van der Waals surface area contributed by atoms with Gasteiger partial charge in [0.1, 0.15) is 0 Å². The number of carbonyl (C=O) groups is 1. The predicted octanol–water partition coefficient (Wildman–Crippen LogP) is 0.865. The molecule has 1 fully saturated rings. The molecule has 20 heavy (non-hydrogen) atoms. The van der Waals surface area contributed by atoms with Gasteiger partial charge in [0.05, 0.1) is 6.04 Å². The molecule has 0 aromatic heterocycles. The van der Waals surface area contributed by atoms with Gasteiger partial charge in [-0.05, 0) is 37.6 Å². The first-order valence-corrected chi connectivity index (χ1v) is 7.51. The largest absolute Gasteiger partial charge is 0.340 e. The number of nitrogens with zero attached hydrogens (tertiary/aromatic N) is 2. The summed E-state index contributed by atoms with van der Waals surface area (Å²) in [5.74, 6) is 0.273. The highest BCUT2D eigenvalue weighted by Crippen LogP contribution is 2.17. The molecule has 1 saturated heterocycles. The second-order valence-electron chi connectivity index (χ2n) is 5.89. The molecule has 4 nitrogen and oxygen atoms in total. The highest BCUT2D eigenvalue weighted by atomic mass is 16.2. The first-order valence-electron chi connectivity index (χ1n) is 7.51. The van der Waals surface area contributed by atoms with Crippen molar-refractivity contribution in [1.29, 1.82) is 0 Å². The molecule has 108 valence electrons. The van der Waals surface area contributed by atoms with Crippen LogP contribution in [0.15, 0.2) is 24.3 Å². The van der Waals surface area contributed by atoms with Crippen LogP contribution in [0.4, 0.5) is 0 Å². The lowest BCUT2D eigenvalue weighted by Gasteiger charge is -2.30. The van der Waals surface area contributed by atoms with Crippen LogP contribution in [-0.2, 0) is 17.8 Å². The summed E-state index contributed by atoms with van der Waals surface area (Å²) in [6.45, 7) is 4.62. The van der Waals surface area contributed by atoms with Crippen molar-refractivity contribution < 1.29 is 4.79 Å². The van der Waals surface area contributed by atoms with Gasteiger partial charge in [0.2, 0.25) is 5.91 Å². The number of amides is 1. The van der Waals surface area contributed by atoms with E-state index in [9.17, 15) is 4.79 Å². The molecule has 1 atom stereocenters. The normalized spacial score (nSPS) is 24.1. The first kappa shape index (κ1) is 13.6. The fraction of sp³-hybridized carbons (Fsp3) is 0.562. The van der Waals surface area contributed by atoms with Crippen LogP contribution in [0.2, 0.25) is 0 Å². The molecule has 2 aliphatic rings. The Morgan fingerprint density at radius 2 is 1.95 bits per heavy atom. The van der Waals surface area contributed by atoms with Crippen molar-refractivity contribution in [1.82, 2.24) is 15.1 Å². The maximum atomic E-state index is 12.7. The summed E-state index contributed by atoms with van der Waals surface area (Å²) in [5.41, 5.74) is 2.64. The van der Waals surface area contributed by atoms with Gasteiger partial charge in [-0.25, -0.2) is 0 Å². The zero-order valence-electron chi connectivity index (χ0n) is 12.1. The van der Waals surface area contributed by atoms with Crippen molar-refractivity contribution >= 4 is 5.91 Å². The third kappa shape index (κ3) is 2.86. The van der Waals surface area contributed by atoms with E-state index in [2.05, 4.69) is 41.5 Å². The molecule has 0 bridgehead atoms. The molecule has 0 aliphatic carbocycles. The molecule has 2 aliphatic heterocycles. The van der Waals surface area contributed by atoms with E-state index in [1.165, 1.54) is 11.1 Å². The van der Waals surface area contributed by atoms with Crippen LogP contribution in [0.3, 0.4) is 0 Å². The number of benzene rings is 1. The molecular formula is C16H23N3O. The molecule has 0 saturated carbocycles. The number of nitrogens with one attached hydrogen (secondary N) is 1. The van der Waals surface area contributed by atoms with E-state index < -0.39 is 0 Å². The molecule has 1 aromatic carbocycles. The Bertz CT molecular complexity index is 488. The van der Waals surface area contributed by atoms with Crippen molar-refractivity contribution in [3.05, 3.63) is 35.4 Å². The second-order valence-corrected chi connectivity index (χ2v) is 5.89. The van der Waals surface area contributed by atoms with E-state index >= 15 is 0 Å². The molecule has 1 aromatic rings. The monoisotopic (exact) mass is 273 g/mol. The molecule has 3 rings (SSSR count). The number of likely N-dealkylation sites (N-methyl/N-ethyl adjacent to an activating group) is 1. The van der Waals surface area contributed by atoms with Gasteiger partial charge in [-0.3, -0.25) is 4.79 Å². The molecule has 1 amide bonds. The number of fused-ring (bicyclic) bond motifs is 1. The highest BCUT2D eigenvalue weighted by molar-refractivity contribution is 5.82. The van der Waals surface area contributed by atoms with E-state index in [0.29, 0.717) is 0 Å². The lowest BCUT2D eigenvalue weighted by atomic mass is 9.95. The molecule has 1 N–H and O–H groups in total. The fourth-order valence-corrected chi connectivity index (χ4v) is 3.12. The van der Waals surface area contributed by atoms with Crippen LogP contribution in [0.5, 0.6) is 0 Å². The lowest BCUT2D eigenvalue weighted by molar-refractivity contribution is -0.133. The van der Waals surface area contributed by atoms with Gasteiger partial charge in [0.25, 0.3) is 0 Å². The van der Waals surface area contributed by atoms with Crippen LogP contribution in [-0.4, -0.2) is 55.0 Å². The molecule has 2 heterocycles. The molecule has 4 heteroatoms. The van der Waals surface area contributed by atoms with E-state index in [1.807, 2.05) is 4.90 Å². The van der Waals surface area contributed by atoms with Crippen molar-refractivity contribution in [2.24, 2.45) is 0 Å². The lowest BCUT2D eigenvalue weighted by Crippen LogP contribution is -2.50. The van der Waals surface area contributed by atoms with Gasteiger partial charge in [0, 0.05) is 26.2 Å². The van der Waals surface area contributed by atoms with E-state index in [4.69, 9.17) is 0 Å². The summed E-state index contributed by atoms with van der Waals surface area (Å²) in [7, 11) is 2.13. The Morgan fingerprint density at radius 3 is 2.80 bits per heavy atom. The molecule has 0 unspecified atom stereocenters. The SMILES string of the molecule is CN1CCCN(C(=O)[C@H]2Cc3ccccc3CN2)CC1. The van der Waals surface area contributed by atoms with Crippen LogP contribution in [0.25, 0.3) is 0 Å². The molecule has 0 radical (unpaired) electrons. The number of carbonyl (C=O) groups excluding carboxylic acids is 1. The average molecular weight is 273 g/mol. The maximum absolute atomic E-state index is 12.7. The minimum Gasteiger partial charge on any atom is -0.340 e. The van der Waals surface area contributed by atoms with Crippen molar-refractivity contribution in [3.63, 3.8) is 0 Å². The van der Waals surface area contributed by atoms with Crippen LogP contribution in [0, 0.1) is 0 Å². The van der Waals surface area contributed by atoms with Gasteiger partial charge in [0.15, 0.2) is 0 Å². The van der Waals surface area contributed by atoms with E-state index in [-0.39, 0.29) is 11.9 Å². The standard InChI is InChI=1S/C16H23N3O/c1-18-7-4-8-19(10-9-18)16(20)15-11-13-5-2-3-6-14(13)12-17-15/h2-3,5-6,15,17H,4,7-12H2,1H3/t15-/m1/s1. The van der Waals surface area contributed by atoms with Gasteiger partial charge in [-0.15, -0.1) is 0 Å². The van der Waals surface area contributed by atoms with Gasteiger partial charge < -0.3 is 15.1 Å². The van der Waals surface area contributed by atoms with Crippen LogP contribution >= 0.6 is 0 Å². The summed E-state index contributed by atoms with van der Waals surface area (Å²) in [6, 6.07) is 8.37.